The van der Waals surface area contributed by atoms with Crippen molar-refractivity contribution >= 4 is 10.1 Å². The molecule has 8 heteroatoms. The van der Waals surface area contributed by atoms with Gasteiger partial charge < -0.3 is 0 Å². The summed E-state index contributed by atoms with van der Waals surface area (Å²) in [5.41, 5.74) is 0. The summed E-state index contributed by atoms with van der Waals surface area (Å²) in [6, 6.07) is 12.8. The van der Waals surface area contributed by atoms with Crippen LogP contribution < -0.4 is 19.0 Å². The molecule has 0 aliphatic rings. The van der Waals surface area contributed by atoms with Crippen LogP contribution >= 0.6 is 0 Å². The van der Waals surface area contributed by atoms with E-state index in [4.69, 9.17) is 4.55 Å². The summed E-state index contributed by atoms with van der Waals surface area (Å²) in [5.74, 6) is 0. The summed E-state index contributed by atoms with van der Waals surface area (Å²) in [5, 5.41) is 0. The van der Waals surface area contributed by atoms with Gasteiger partial charge in [0.2, 0.25) is 0 Å². The fraction of sp³-hybridized carbons (Fsp3) is 0.0769. The molecule has 0 bridgehead atoms. The van der Waals surface area contributed by atoms with Crippen molar-refractivity contribution in [2.75, 3.05) is 0 Å². The molecule has 0 aliphatic heterocycles. The van der Waals surface area contributed by atoms with E-state index in [1.807, 2.05) is 0 Å². The molecular weight excluding hydrogens is 420 g/mol. The van der Waals surface area contributed by atoms with Gasteiger partial charge in [0, 0.05) is 0 Å². The van der Waals surface area contributed by atoms with Gasteiger partial charge in [-0.1, -0.05) is 0 Å². The molecule has 0 saturated heterocycles. The molecule has 2 aromatic carbocycles. The molecular formula is C13H11F3IO3S-. The third-order valence-corrected chi connectivity index (χ3v) is 12.9. The van der Waals surface area contributed by atoms with Crippen LogP contribution in [0.25, 0.3) is 0 Å². The van der Waals surface area contributed by atoms with Gasteiger partial charge in [0.1, 0.15) is 0 Å². The second-order valence-electron chi connectivity index (χ2n) is 4.01. The van der Waals surface area contributed by atoms with Gasteiger partial charge in [0.05, 0.1) is 0 Å². The molecule has 2 rings (SSSR count). The van der Waals surface area contributed by atoms with Crippen LogP contribution in [0.1, 0.15) is 0 Å². The van der Waals surface area contributed by atoms with Crippen LogP contribution in [0.3, 0.4) is 0 Å². The monoisotopic (exact) mass is 431 g/mol. The number of benzene rings is 2. The molecule has 0 aromatic heterocycles. The average Bonchev–Trinajstić information content (AvgIpc) is 2.47. The third-order valence-electron chi connectivity index (χ3n) is 2.66. The minimum absolute atomic E-state index is 0.391. The summed E-state index contributed by atoms with van der Waals surface area (Å²) in [4.78, 5) is 0. The Morgan fingerprint density at radius 2 is 1.19 bits per heavy atom. The Morgan fingerprint density at radius 3 is 1.48 bits per heavy atom. The van der Waals surface area contributed by atoms with E-state index in [1.54, 1.807) is 0 Å². The molecule has 0 aliphatic carbocycles. The van der Waals surface area contributed by atoms with E-state index in [9.17, 15) is 17.2 Å². The second-order valence-corrected chi connectivity index (χ2v) is 12.9. The van der Waals surface area contributed by atoms with Crippen LogP contribution in [0.5, 0.6) is 0 Å². The molecule has 0 amide bonds. The standard InChI is InChI=1S/C13H11F3IO3S/c14-13(15,21(18,19)20)17(16,11-7-3-1-4-8-11)12-9-5-2-6-10-12/h1-10H,(H,18,19,20)/q-1. The summed E-state index contributed by atoms with van der Waals surface area (Å²) in [6.45, 7) is 0. The van der Waals surface area contributed by atoms with Crippen molar-refractivity contribution in [3.05, 3.63) is 67.8 Å². The van der Waals surface area contributed by atoms with Gasteiger partial charge in [0.15, 0.2) is 0 Å². The van der Waals surface area contributed by atoms with Gasteiger partial charge in [-0.25, -0.2) is 0 Å². The Morgan fingerprint density at radius 1 is 0.857 bits per heavy atom. The number of halogens is 4. The summed E-state index contributed by atoms with van der Waals surface area (Å²) < 4.78 is 69.2. The number of hydrogen-bond acceptors (Lipinski definition) is 2. The first-order chi connectivity index (χ1) is 9.71. The molecule has 0 spiro atoms. The fourth-order valence-electron chi connectivity index (χ4n) is 1.69. The van der Waals surface area contributed by atoms with Gasteiger partial charge in [-0.05, 0) is 0 Å². The van der Waals surface area contributed by atoms with Gasteiger partial charge in [-0.15, -0.1) is 0 Å². The van der Waals surface area contributed by atoms with Crippen LogP contribution in [0, 0.1) is 7.14 Å². The first kappa shape index (κ1) is 16.2. The minimum atomic E-state index is -6.08. The molecule has 3 nitrogen and oxygen atoms in total. The Bertz CT molecular complexity index is 681. The van der Waals surface area contributed by atoms with Gasteiger partial charge in [0.25, 0.3) is 0 Å². The van der Waals surface area contributed by atoms with Gasteiger partial charge >= 0.3 is 125 Å². The topological polar surface area (TPSA) is 54.4 Å². The first-order valence-corrected chi connectivity index (χ1v) is 11.1. The Labute approximate surface area is 124 Å². The van der Waals surface area contributed by atoms with Crippen molar-refractivity contribution in [3.63, 3.8) is 0 Å². The zero-order valence-electron chi connectivity index (χ0n) is 10.5. The molecule has 0 heterocycles. The molecule has 0 atom stereocenters. The molecule has 1 N–H and O–H groups in total. The van der Waals surface area contributed by atoms with Crippen LogP contribution in [-0.2, 0) is 10.1 Å². The van der Waals surface area contributed by atoms with E-state index in [0.29, 0.717) is 0 Å². The van der Waals surface area contributed by atoms with E-state index in [0.717, 1.165) is 24.3 Å². The Balaban J connectivity index is 2.79. The molecule has 0 unspecified atom stereocenters. The van der Waals surface area contributed by atoms with Crippen molar-refractivity contribution < 1.29 is 43.6 Å². The van der Waals surface area contributed by atoms with Crippen LogP contribution in [0.15, 0.2) is 60.7 Å². The maximum absolute atomic E-state index is 15.4. The van der Waals surface area contributed by atoms with Crippen LogP contribution in [0.4, 0.5) is 11.6 Å². The average molecular weight is 431 g/mol. The van der Waals surface area contributed by atoms with Crippen molar-refractivity contribution in [2.45, 2.75) is 3.26 Å². The summed E-state index contributed by atoms with van der Waals surface area (Å²) in [7, 11) is -5.88. The Kier molecular flexibility index (Phi) is 4.31. The molecule has 0 fully saturated rings. The van der Waals surface area contributed by atoms with E-state index >= 15 is 2.86 Å². The van der Waals surface area contributed by atoms with Crippen LogP contribution in [-0.4, -0.2) is 16.2 Å². The second kappa shape index (κ2) is 5.58. The Hall–Kier alpha value is -1.13. The SMILES string of the molecule is O=S(=O)(O)C(F)(F)[I-](F)(c1ccccc1)c1ccccc1. The van der Waals surface area contributed by atoms with E-state index in [2.05, 4.69) is 0 Å². The predicted molar refractivity (Wildman–Crippen MR) is 67.9 cm³/mol. The third kappa shape index (κ3) is 2.67. The molecule has 0 radical (unpaired) electrons. The number of alkyl halides is 3. The fourth-order valence-corrected chi connectivity index (χ4v) is 10.4. The molecule has 2 aromatic rings. The van der Waals surface area contributed by atoms with E-state index < -0.39 is 39.5 Å². The predicted octanol–water partition coefficient (Wildman–Crippen LogP) is 0.209. The quantitative estimate of drug-likeness (QED) is 0.428. The zero-order valence-corrected chi connectivity index (χ0v) is 13.4. The number of rotatable bonds is 4. The van der Waals surface area contributed by atoms with Crippen molar-refractivity contribution in [2.24, 2.45) is 0 Å². The van der Waals surface area contributed by atoms with Gasteiger partial charge in [-0.2, -0.15) is 0 Å². The molecule has 21 heavy (non-hydrogen) atoms. The number of hydrogen-bond donors (Lipinski definition) is 1. The molecule has 0 saturated carbocycles. The van der Waals surface area contributed by atoms with Crippen LogP contribution in [0.2, 0.25) is 0 Å². The van der Waals surface area contributed by atoms with Crippen molar-refractivity contribution in [1.29, 1.82) is 0 Å². The first-order valence-electron chi connectivity index (χ1n) is 5.63. The normalized spacial score (nSPS) is 13.9. The maximum atomic E-state index is 15.4. The van der Waals surface area contributed by atoms with E-state index in [-0.39, 0.29) is 0 Å². The van der Waals surface area contributed by atoms with E-state index in [1.165, 1.54) is 36.4 Å². The zero-order chi connectivity index (χ0) is 15.7. The summed E-state index contributed by atoms with van der Waals surface area (Å²) in [6.07, 6.45) is 0. The summed E-state index contributed by atoms with van der Waals surface area (Å²) >= 11 is -6.08. The van der Waals surface area contributed by atoms with Crippen molar-refractivity contribution in [3.8, 4) is 0 Å². The van der Waals surface area contributed by atoms with Crippen molar-refractivity contribution in [1.82, 2.24) is 0 Å². The molecule has 116 valence electrons. The van der Waals surface area contributed by atoms with Gasteiger partial charge in [-0.3, -0.25) is 0 Å².